The quantitative estimate of drug-likeness (QED) is 0.716. The van der Waals surface area contributed by atoms with Gasteiger partial charge in [0.05, 0.1) is 0 Å². The maximum atomic E-state index is 5.80. The molecule has 0 fully saturated rings. The zero-order valence-corrected chi connectivity index (χ0v) is 9.95. The molecule has 2 rings (SSSR count). The first-order valence-electron chi connectivity index (χ1n) is 5.46. The summed E-state index contributed by atoms with van der Waals surface area (Å²) in [7, 11) is 0. The van der Waals surface area contributed by atoms with Crippen LogP contribution < -0.4 is 4.74 Å². The van der Waals surface area contributed by atoms with Crippen molar-refractivity contribution in [2.75, 3.05) is 0 Å². The van der Waals surface area contributed by atoms with E-state index in [0.717, 1.165) is 11.5 Å². The lowest BCUT2D eigenvalue weighted by molar-refractivity contribution is 0.482. The fraction of sp³-hybridized carbons (Fsp3) is 0.200. The summed E-state index contributed by atoms with van der Waals surface area (Å²) in [6.45, 7) is 6.23. The van der Waals surface area contributed by atoms with Crippen LogP contribution in [0.4, 0.5) is 0 Å². The summed E-state index contributed by atoms with van der Waals surface area (Å²) in [5, 5.41) is 0. The number of rotatable bonds is 2. The fourth-order valence-corrected chi connectivity index (χ4v) is 1.73. The van der Waals surface area contributed by atoms with Crippen molar-refractivity contribution in [2.24, 2.45) is 0 Å². The van der Waals surface area contributed by atoms with Crippen molar-refractivity contribution in [3.8, 4) is 11.5 Å². The number of hydrogen-bond acceptors (Lipinski definition) is 1. The standard InChI is InChI=1S/C15H16O/c1-11-4-6-14(7-5-11)16-15-9-12(2)8-13(3)10-15/h4-10H,1-3H3. The highest BCUT2D eigenvalue weighted by atomic mass is 16.5. The topological polar surface area (TPSA) is 9.23 Å². The van der Waals surface area contributed by atoms with Crippen molar-refractivity contribution in [3.63, 3.8) is 0 Å². The molecule has 0 N–H and O–H groups in total. The van der Waals surface area contributed by atoms with E-state index in [4.69, 9.17) is 4.74 Å². The molecule has 0 radical (unpaired) electrons. The Hall–Kier alpha value is -1.76. The molecule has 0 aliphatic heterocycles. The van der Waals surface area contributed by atoms with Crippen LogP contribution in [0.25, 0.3) is 0 Å². The lowest BCUT2D eigenvalue weighted by atomic mass is 10.1. The van der Waals surface area contributed by atoms with Crippen LogP contribution in [0.15, 0.2) is 42.5 Å². The average Bonchev–Trinajstić information content (AvgIpc) is 2.20. The van der Waals surface area contributed by atoms with Crippen molar-refractivity contribution >= 4 is 0 Å². The molecule has 2 aromatic carbocycles. The Morgan fingerprint density at radius 1 is 0.625 bits per heavy atom. The number of hydrogen-bond donors (Lipinski definition) is 0. The Morgan fingerprint density at radius 3 is 1.75 bits per heavy atom. The molecule has 16 heavy (non-hydrogen) atoms. The van der Waals surface area contributed by atoms with E-state index in [1.165, 1.54) is 16.7 Å². The molecule has 0 aromatic heterocycles. The lowest BCUT2D eigenvalue weighted by Crippen LogP contribution is -1.86. The average molecular weight is 212 g/mol. The third-order valence-electron chi connectivity index (χ3n) is 2.45. The van der Waals surface area contributed by atoms with E-state index in [0.29, 0.717) is 0 Å². The predicted octanol–water partition coefficient (Wildman–Crippen LogP) is 4.40. The molecule has 0 aliphatic carbocycles. The fourth-order valence-electron chi connectivity index (χ4n) is 1.73. The van der Waals surface area contributed by atoms with E-state index in [9.17, 15) is 0 Å². The number of benzene rings is 2. The van der Waals surface area contributed by atoms with Gasteiger partial charge in [-0.3, -0.25) is 0 Å². The second-order valence-electron chi connectivity index (χ2n) is 4.24. The largest absolute Gasteiger partial charge is 0.457 e. The Morgan fingerprint density at radius 2 is 1.19 bits per heavy atom. The van der Waals surface area contributed by atoms with Crippen LogP contribution in [-0.2, 0) is 0 Å². The van der Waals surface area contributed by atoms with Crippen molar-refractivity contribution in [3.05, 3.63) is 59.2 Å². The van der Waals surface area contributed by atoms with E-state index in [-0.39, 0.29) is 0 Å². The van der Waals surface area contributed by atoms with Gasteiger partial charge in [0.2, 0.25) is 0 Å². The van der Waals surface area contributed by atoms with Gasteiger partial charge in [-0.2, -0.15) is 0 Å². The van der Waals surface area contributed by atoms with Gasteiger partial charge in [0, 0.05) is 0 Å². The first-order chi connectivity index (χ1) is 7.63. The van der Waals surface area contributed by atoms with Gasteiger partial charge in [-0.25, -0.2) is 0 Å². The van der Waals surface area contributed by atoms with Crippen LogP contribution in [0.2, 0.25) is 0 Å². The van der Waals surface area contributed by atoms with Gasteiger partial charge in [-0.05, 0) is 56.2 Å². The molecule has 1 nitrogen and oxygen atoms in total. The Balaban J connectivity index is 2.23. The molecule has 0 aliphatic rings. The molecule has 0 bridgehead atoms. The molecule has 1 heteroatoms. The molecule has 0 spiro atoms. The van der Waals surface area contributed by atoms with E-state index >= 15 is 0 Å². The van der Waals surface area contributed by atoms with E-state index in [1.807, 2.05) is 24.3 Å². The zero-order chi connectivity index (χ0) is 11.5. The molecule has 0 saturated carbocycles. The van der Waals surface area contributed by atoms with Crippen LogP contribution in [0.1, 0.15) is 16.7 Å². The minimum atomic E-state index is 0.885. The Kier molecular flexibility index (Phi) is 2.95. The van der Waals surface area contributed by atoms with Crippen molar-refractivity contribution in [1.82, 2.24) is 0 Å². The van der Waals surface area contributed by atoms with Crippen LogP contribution in [-0.4, -0.2) is 0 Å². The van der Waals surface area contributed by atoms with Gasteiger partial charge < -0.3 is 4.74 Å². The van der Waals surface area contributed by atoms with Gasteiger partial charge in [-0.15, -0.1) is 0 Å². The molecule has 0 atom stereocenters. The molecule has 2 aromatic rings. The third-order valence-corrected chi connectivity index (χ3v) is 2.45. The highest BCUT2D eigenvalue weighted by molar-refractivity contribution is 5.37. The maximum Gasteiger partial charge on any atom is 0.127 e. The van der Waals surface area contributed by atoms with Gasteiger partial charge in [0.1, 0.15) is 11.5 Å². The molecule has 0 heterocycles. The second kappa shape index (κ2) is 4.40. The van der Waals surface area contributed by atoms with E-state index in [1.54, 1.807) is 0 Å². The Labute approximate surface area is 96.7 Å². The summed E-state index contributed by atoms with van der Waals surface area (Å²) < 4.78 is 5.80. The monoisotopic (exact) mass is 212 g/mol. The molecule has 0 unspecified atom stereocenters. The summed E-state index contributed by atoms with van der Waals surface area (Å²) in [5.41, 5.74) is 3.69. The van der Waals surface area contributed by atoms with Crippen LogP contribution in [0.3, 0.4) is 0 Å². The van der Waals surface area contributed by atoms with Crippen molar-refractivity contribution in [2.45, 2.75) is 20.8 Å². The summed E-state index contributed by atoms with van der Waals surface area (Å²) in [4.78, 5) is 0. The van der Waals surface area contributed by atoms with Crippen LogP contribution in [0.5, 0.6) is 11.5 Å². The molecule has 0 amide bonds. The minimum absolute atomic E-state index is 0.885. The predicted molar refractivity (Wildman–Crippen MR) is 67.2 cm³/mol. The summed E-state index contributed by atoms with van der Waals surface area (Å²) in [5.74, 6) is 1.79. The SMILES string of the molecule is Cc1ccc(Oc2cc(C)cc(C)c2)cc1. The summed E-state index contributed by atoms with van der Waals surface area (Å²) >= 11 is 0. The molecular weight excluding hydrogens is 196 g/mol. The number of aryl methyl sites for hydroxylation is 3. The first-order valence-corrected chi connectivity index (χ1v) is 5.46. The van der Waals surface area contributed by atoms with Crippen molar-refractivity contribution in [1.29, 1.82) is 0 Å². The van der Waals surface area contributed by atoms with Gasteiger partial charge in [-0.1, -0.05) is 23.8 Å². The van der Waals surface area contributed by atoms with E-state index in [2.05, 4.69) is 39.0 Å². The minimum Gasteiger partial charge on any atom is -0.457 e. The zero-order valence-electron chi connectivity index (χ0n) is 9.95. The maximum absolute atomic E-state index is 5.80. The molecule has 82 valence electrons. The second-order valence-corrected chi connectivity index (χ2v) is 4.24. The van der Waals surface area contributed by atoms with Crippen LogP contribution in [0, 0.1) is 20.8 Å². The van der Waals surface area contributed by atoms with E-state index < -0.39 is 0 Å². The van der Waals surface area contributed by atoms with Gasteiger partial charge in [0.25, 0.3) is 0 Å². The number of ether oxygens (including phenoxy) is 1. The third kappa shape index (κ3) is 2.63. The Bertz CT molecular complexity index is 463. The molecular formula is C15H16O. The van der Waals surface area contributed by atoms with Gasteiger partial charge in [0.15, 0.2) is 0 Å². The van der Waals surface area contributed by atoms with Crippen LogP contribution >= 0.6 is 0 Å². The highest BCUT2D eigenvalue weighted by Gasteiger charge is 1.98. The van der Waals surface area contributed by atoms with Gasteiger partial charge >= 0.3 is 0 Å². The lowest BCUT2D eigenvalue weighted by Gasteiger charge is -2.07. The smallest absolute Gasteiger partial charge is 0.127 e. The summed E-state index contributed by atoms with van der Waals surface area (Å²) in [6.07, 6.45) is 0. The van der Waals surface area contributed by atoms with Crippen molar-refractivity contribution < 1.29 is 4.74 Å². The molecule has 0 saturated heterocycles. The first kappa shape index (κ1) is 10.7. The summed E-state index contributed by atoms with van der Waals surface area (Å²) in [6, 6.07) is 14.3. The normalized spacial score (nSPS) is 10.2. The highest BCUT2D eigenvalue weighted by Crippen LogP contribution is 2.23.